The molecule has 0 unspecified atom stereocenters. The molecular formula is C30H39ClN2O2RuS. The van der Waals surface area contributed by atoms with Gasteiger partial charge in [0.1, 0.15) is 10.0 Å². The molecule has 3 aromatic carbocycles. The van der Waals surface area contributed by atoms with Crippen LogP contribution in [0.3, 0.4) is 0 Å². The van der Waals surface area contributed by atoms with E-state index in [1.54, 1.807) is 0 Å². The number of benzene rings is 3. The molecule has 0 aliphatic heterocycles. The topological polar surface area (TPSA) is 72.0 Å². The van der Waals surface area contributed by atoms with Gasteiger partial charge in [-0.25, -0.2) is 8.42 Å². The van der Waals surface area contributed by atoms with Gasteiger partial charge in [-0.1, -0.05) is 125 Å². The van der Waals surface area contributed by atoms with Crippen LogP contribution >= 0.6 is 9.69 Å². The van der Waals surface area contributed by atoms with E-state index in [-0.39, 0.29) is 25.2 Å². The van der Waals surface area contributed by atoms with Crippen molar-refractivity contribution in [2.24, 2.45) is 0 Å². The second-order valence-electron chi connectivity index (χ2n) is 9.82. The van der Waals surface area contributed by atoms with E-state index in [0.717, 1.165) is 22.3 Å². The van der Waals surface area contributed by atoms with E-state index in [4.69, 9.17) is 5.73 Å². The van der Waals surface area contributed by atoms with Gasteiger partial charge in [-0.3, -0.25) is 0 Å². The predicted molar refractivity (Wildman–Crippen MR) is 154 cm³/mol. The Morgan fingerprint density at radius 3 is 1.49 bits per heavy atom. The van der Waals surface area contributed by atoms with E-state index in [0.29, 0.717) is 10.5 Å². The van der Waals surface area contributed by atoms with Crippen molar-refractivity contribution in [3.8, 4) is 0 Å². The Balaban J connectivity index is 0.00000223. The molecule has 4 nitrogen and oxygen atoms in total. The molecule has 3 rings (SSSR count). The Morgan fingerprint density at radius 2 is 1.11 bits per heavy atom. The Hall–Kier alpha value is -1.56. The zero-order valence-electron chi connectivity index (χ0n) is 22.7. The third-order valence-electron chi connectivity index (χ3n) is 6.21. The Kier molecular flexibility index (Phi) is 13.7. The zero-order valence-corrected chi connectivity index (χ0v) is 26.0. The molecule has 0 heterocycles. The molecule has 0 spiro atoms. The van der Waals surface area contributed by atoms with Crippen molar-refractivity contribution in [1.82, 2.24) is 0 Å². The van der Waals surface area contributed by atoms with Crippen molar-refractivity contribution >= 4 is 19.7 Å². The quantitative estimate of drug-likeness (QED) is 0.175. The van der Waals surface area contributed by atoms with E-state index in [1.165, 1.54) is 0 Å². The van der Waals surface area contributed by atoms with Crippen molar-refractivity contribution in [3.63, 3.8) is 0 Å². The Bertz CT molecular complexity index is 1170. The van der Waals surface area contributed by atoms with Gasteiger partial charge in [0.2, 0.25) is 0 Å². The van der Waals surface area contributed by atoms with Gasteiger partial charge in [0.05, 0.1) is 4.90 Å². The van der Waals surface area contributed by atoms with Crippen LogP contribution in [0.4, 0.5) is 0 Å². The molecule has 2 atom stereocenters. The number of hydrogen-bond acceptors (Lipinski definition) is 2. The molecule has 0 saturated carbocycles. The summed E-state index contributed by atoms with van der Waals surface area (Å²) in [6, 6.07) is 21.0. The fourth-order valence-corrected chi connectivity index (χ4v) is 6.03. The van der Waals surface area contributed by atoms with Gasteiger partial charge in [0.25, 0.3) is 0 Å². The summed E-state index contributed by atoms with van der Waals surface area (Å²) >= 11 is 1.82. The van der Waals surface area contributed by atoms with Crippen LogP contribution in [-0.4, -0.2) is 8.42 Å². The van der Waals surface area contributed by atoms with Gasteiger partial charge in [-0.15, -0.1) is 12.1 Å². The summed E-state index contributed by atoms with van der Waals surface area (Å²) in [5.74, 6) is 0.330. The summed E-state index contributed by atoms with van der Waals surface area (Å²) in [5, 5.41) is 0. The molecule has 202 valence electrons. The number of halogens is 1. The molecular weight excluding hydrogens is 589 g/mol. The number of nitrogens with zero attached hydrogens (tertiary/aromatic N) is 1. The first-order valence-electron chi connectivity index (χ1n) is 12.1. The van der Waals surface area contributed by atoms with Gasteiger partial charge in [0.15, 0.2) is 0 Å². The first-order valence-corrected chi connectivity index (χ1v) is 15.8. The normalized spacial score (nSPS) is 13.1. The van der Waals surface area contributed by atoms with Crippen molar-refractivity contribution in [2.45, 2.75) is 76.3 Å². The maximum atomic E-state index is 14.0. The van der Waals surface area contributed by atoms with Crippen LogP contribution in [0, 0.1) is 7.43 Å². The molecule has 37 heavy (non-hydrogen) atoms. The number of nitrogens with one attached hydrogen (secondary N) is 1. The Labute approximate surface area is 239 Å². The van der Waals surface area contributed by atoms with Crippen LogP contribution in [0.1, 0.15) is 99.2 Å². The van der Waals surface area contributed by atoms with Gasteiger partial charge >= 0.3 is 27.0 Å². The monoisotopic (exact) mass is 628 g/mol. The fourth-order valence-electron chi connectivity index (χ4n) is 4.20. The Morgan fingerprint density at radius 1 is 0.703 bits per heavy atom. The van der Waals surface area contributed by atoms with Crippen LogP contribution in [-0.2, 0) is 27.3 Å². The third-order valence-corrected chi connectivity index (χ3v) is 7.70. The molecule has 0 radical (unpaired) electrons. The van der Waals surface area contributed by atoms with E-state index < -0.39 is 22.1 Å². The van der Waals surface area contributed by atoms with E-state index in [2.05, 4.69) is 28.3 Å². The molecule has 0 saturated heterocycles. The molecule has 3 aromatic rings. The zero-order chi connectivity index (χ0) is 27.0. The van der Waals surface area contributed by atoms with Gasteiger partial charge in [-0.2, -0.15) is 0 Å². The van der Waals surface area contributed by atoms with E-state index in [1.807, 2.05) is 118 Å². The fraction of sp³-hybridized carbons (Fsp3) is 0.367. The number of rotatable bonds is 9. The van der Waals surface area contributed by atoms with Crippen LogP contribution < -0.4 is 0 Å². The van der Waals surface area contributed by atoms with Crippen molar-refractivity contribution in [1.29, 1.82) is 0 Å². The first kappa shape index (κ1) is 33.5. The van der Waals surface area contributed by atoms with Gasteiger partial charge < -0.3 is 17.9 Å². The van der Waals surface area contributed by atoms with Crippen LogP contribution in [0.2, 0.25) is 0 Å². The maximum absolute atomic E-state index is 14.0. The molecule has 0 amide bonds. The molecule has 1 N–H and O–H groups in total. The summed E-state index contributed by atoms with van der Waals surface area (Å²) in [6.45, 7) is 12.3. The summed E-state index contributed by atoms with van der Waals surface area (Å²) in [6.07, 6.45) is 0. The van der Waals surface area contributed by atoms with E-state index >= 15 is 0 Å². The van der Waals surface area contributed by atoms with Crippen LogP contribution in [0.25, 0.3) is 10.5 Å². The summed E-state index contributed by atoms with van der Waals surface area (Å²) in [7, 11) is 0.519. The average molecular weight is 628 g/mol. The number of sulfonamides is 1. The van der Waals surface area contributed by atoms with E-state index in [9.17, 15) is 8.42 Å². The molecule has 0 aliphatic carbocycles. The van der Waals surface area contributed by atoms with Gasteiger partial charge in [-0.05, 0) is 34.4 Å². The minimum atomic E-state index is -4.05. The first-order chi connectivity index (χ1) is 17.0. The third kappa shape index (κ3) is 8.46. The van der Waals surface area contributed by atoms with Crippen molar-refractivity contribution < 1.29 is 25.7 Å². The summed E-state index contributed by atoms with van der Waals surface area (Å²) < 4.78 is 32.5. The predicted octanol–water partition coefficient (Wildman–Crippen LogP) is 9.79. The molecule has 0 fully saturated rings. The molecule has 0 bridgehead atoms. The van der Waals surface area contributed by atoms with Crippen LogP contribution in [0.5, 0.6) is 0 Å². The van der Waals surface area contributed by atoms with Crippen molar-refractivity contribution in [3.05, 3.63) is 118 Å². The second-order valence-corrected chi connectivity index (χ2v) is 11.4. The summed E-state index contributed by atoms with van der Waals surface area (Å²) in [5.41, 5.74) is 13.1. The molecule has 7 heteroatoms. The molecule has 0 aromatic heterocycles. The SMILES string of the molecule is CC(C)c1cc(C(C)C)c(S(=O)(=O)[N-][C@@H](c2ccccc2)[C@@H]([NH-])c2ccccc2)c(C(C)C)c1.[CH3-].[Cl][Ru+3]. The van der Waals surface area contributed by atoms with Gasteiger partial charge in [0, 0.05) is 0 Å². The van der Waals surface area contributed by atoms with Crippen molar-refractivity contribution in [2.75, 3.05) is 0 Å². The van der Waals surface area contributed by atoms with Crippen LogP contribution in [0.15, 0.2) is 77.7 Å². The second kappa shape index (κ2) is 15.1. The minimum absolute atomic E-state index is 0. The average Bonchev–Trinajstić information content (AvgIpc) is 2.88. The summed E-state index contributed by atoms with van der Waals surface area (Å²) in [4.78, 5) is 0.308. The molecule has 0 aliphatic rings. The number of hydrogen-bond donors (Lipinski definition) is 0. The standard InChI is InChI=1S/C29H36N2O2S.CH3.ClH.Ru/c1-19(2)24-17-25(20(3)4)29(26(18-24)21(5)6)34(32,33)31-28(23-15-11-8-12-16-23)27(30)22-13-9-7-10-14-22;;;/h7-21,27-28,30H,1-6H3;1H3;1H;/q-2;-1;;+4/p-1/t27-,28-;;;/m0.../s1.